The number of aromatic amines is 1. The van der Waals surface area contributed by atoms with Crippen LogP contribution in [0.25, 0.3) is 0 Å². The Bertz CT molecular complexity index is 620. The van der Waals surface area contributed by atoms with Crippen molar-refractivity contribution in [3.63, 3.8) is 0 Å². The lowest BCUT2D eigenvalue weighted by atomic mass is 10.5. The third-order valence-corrected chi connectivity index (χ3v) is 2.93. The van der Waals surface area contributed by atoms with Crippen LogP contribution in [0.2, 0.25) is 0 Å². The predicted octanol–water partition coefficient (Wildman–Crippen LogP) is -0.252. The Balaban J connectivity index is 2.40. The van der Waals surface area contributed by atoms with Crippen LogP contribution in [0.3, 0.4) is 0 Å². The van der Waals surface area contributed by atoms with Crippen molar-refractivity contribution in [1.82, 2.24) is 24.7 Å². The predicted molar refractivity (Wildman–Crippen MR) is 56.9 cm³/mol. The molecule has 0 aromatic carbocycles. The van der Waals surface area contributed by atoms with Crippen molar-refractivity contribution in [1.29, 1.82) is 0 Å². The van der Waals surface area contributed by atoms with Gasteiger partial charge in [0.15, 0.2) is 10.9 Å². The summed E-state index contributed by atoms with van der Waals surface area (Å²) >= 11 is 0.956. The SMILES string of the molecule is Cn1c(Sc2nccnc2C(=O)O)n[nH]c1=O. The number of carboxylic acid groups (broad SMARTS) is 1. The van der Waals surface area contributed by atoms with Crippen LogP contribution in [0.4, 0.5) is 0 Å². The van der Waals surface area contributed by atoms with E-state index in [1.165, 1.54) is 24.0 Å². The van der Waals surface area contributed by atoms with Gasteiger partial charge in [-0.2, -0.15) is 0 Å². The van der Waals surface area contributed by atoms with Gasteiger partial charge in [-0.3, -0.25) is 4.57 Å². The number of nitrogens with one attached hydrogen (secondary N) is 1. The van der Waals surface area contributed by atoms with Crippen LogP contribution < -0.4 is 5.69 Å². The number of hydrogen-bond acceptors (Lipinski definition) is 6. The van der Waals surface area contributed by atoms with Gasteiger partial charge >= 0.3 is 11.7 Å². The Hall–Kier alpha value is -2.16. The number of rotatable bonds is 3. The molecule has 0 saturated carbocycles. The van der Waals surface area contributed by atoms with Gasteiger partial charge in [-0.15, -0.1) is 5.10 Å². The van der Waals surface area contributed by atoms with E-state index in [0.717, 1.165) is 11.8 Å². The molecule has 0 fully saturated rings. The quantitative estimate of drug-likeness (QED) is 0.775. The van der Waals surface area contributed by atoms with Crippen molar-refractivity contribution >= 4 is 17.7 Å². The maximum absolute atomic E-state index is 11.1. The number of carbonyl (C=O) groups is 1. The van der Waals surface area contributed by atoms with Gasteiger partial charge in [0.25, 0.3) is 0 Å². The minimum Gasteiger partial charge on any atom is -0.476 e. The highest BCUT2D eigenvalue weighted by Gasteiger charge is 2.16. The molecule has 0 amide bonds. The van der Waals surface area contributed by atoms with E-state index in [1.807, 2.05) is 0 Å². The minimum atomic E-state index is -1.18. The molecule has 2 aromatic heterocycles. The zero-order valence-electron chi connectivity index (χ0n) is 8.62. The molecule has 0 saturated heterocycles. The van der Waals surface area contributed by atoms with Crippen LogP contribution in [0, 0.1) is 0 Å². The Labute approximate surface area is 98.7 Å². The van der Waals surface area contributed by atoms with Gasteiger partial charge in [-0.05, 0) is 11.8 Å². The number of nitrogens with zero attached hydrogens (tertiary/aromatic N) is 4. The van der Waals surface area contributed by atoms with Crippen LogP contribution in [0.5, 0.6) is 0 Å². The minimum absolute atomic E-state index is 0.173. The second-order valence-electron chi connectivity index (χ2n) is 2.99. The Morgan fingerprint density at radius 2 is 2.18 bits per heavy atom. The van der Waals surface area contributed by atoms with E-state index in [1.54, 1.807) is 0 Å². The van der Waals surface area contributed by atoms with E-state index in [4.69, 9.17) is 5.11 Å². The lowest BCUT2D eigenvalue weighted by Crippen LogP contribution is -2.13. The number of carboxylic acids is 1. The highest BCUT2D eigenvalue weighted by Crippen LogP contribution is 2.24. The van der Waals surface area contributed by atoms with Crippen molar-refractivity contribution in [2.75, 3.05) is 0 Å². The molecule has 88 valence electrons. The lowest BCUT2D eigenvalue weighted by molar-refractivity contribution is 0.0685. The first kappa shape index (κ1) is 11.3. The standard InChI is InChI=1S/C8H7N5O3S/c1-13-7(16)11-12-8(13)17-5-4(6(14)15)9-2-3-10-5/h2-3H,1H3,(H,11,16)(H,14,15). The molecule has 2 heterocycles. The van der Waals surface area contributed by atoms with Gasteiger partial charge in [-0.1, -0.05) is 0 Å². The van der Waals surface area contributed by atoms with E-state index in [-0.39, 0.29) is 16.4 Å². The first-order valence-electron chi connectivity index (χ1n) is 4.43. The van der Waals surface area contributed by atoms with Gasteiger partial charge in [0.1, 0.15) is 5.03 Å². The molecular weight excluding hydrogens is 246 g/mol. The smallest absolute Gasteiger partial charge is 0.357 e. The van der Waals surface area contributed by atoms with E-state index >= 15 is 0 Å². The number of aromatic carboxylic acids is 1. The van der Waals surface area contributed by atoms with Gasteiger partial charge in [0, 0.05) is 19.4 Å². The normalized spacial score (nSPS) is 10.4. The molecule has 0 radical (unpaired) electrons. The van der Waals surface area contributed by atoms with Crippen molar-refractivity contribution in [3.05, 3.63) is 28.6 Å². The summed E-state index contributed by atoms with van der Waals surface area (Å²) < 4.78 is 1.25. The van der Waals surface area contributed by atoms with Gasteiger partial charge in [-0.25, -0.2) is 24.7 Å². The third kappa shape index (κ3) is 2.18. The fourth-order valence-corrected chi connectivity index (χ4v) is 1.89. The van der Waals surface area contributed by atoms with Crippen LogP contribution in [-0.2, 0) is 7.05 Å². The number of H-pyrrole nitrogens is 1. The van der Waals surface area contributed by atoms with E-state index in [2.05, 4.69) is 20.2 Å². The molecule has 9 heteroatoms. The topological polar surface area (TPSA) is 114 Å². The van der Waals surface area contributed by atoms with Crippen molar-refractivity contribution < 1.29 is 9.90 Å². The molecule has 0 bridgehead atoms. The van der Waals surface area contributed by atoms with Gasteiger partial charge in [0.2, 0.25) is 0 Å². The van der Waals surface area contributed by atoms with E-state index in [9.17, 15) is 9.59 Å². The average Bonchev–Trinajstić information content (AvgIpc) is 2.61. The molecule has 0 spiro atoms. The molecular formula is C8H7N5O3S. The van der Waals surface area contributed by atoms with Gasteiger partial charge < -0.3 is 5.11 Å². The first-order chi connectivity index (χ1) is 8.09. The van der Waals surface area contributed by atoms with Crippen LogP contribution in [-0.4, -0.2) is 35.8 Å². The lowest BCUT2D eigenvalue weighted by Gasteiger charge is -2.01. The summed E-state index contributed by atoms with van der Waals surface area (Å²) in [6.45, 7) is 0. The van der Waals surface area contributed by atoms with Crippen molar-refractivity contribution in [2.24, 2.45) is 7.05 Å². The van der Waals surface area contributed by atoms with Crippen LogP contribution in [0.1, 0.15) is 10.5 Å². The largest absolute Gasteiger partial charge is 0.476 e. The second kappa shape index (κ2) is 4.37. The molecule has 2 rings (SSSR count). The average molecular weight is 253 g/mol. The third-order valence-electron chi connectivity index (χ3n) is 1.89. The summed E-state index contributed by atoms with van der Waals surface area (Å²) in [6.07, 6.45) is 2.66. The Morgan fingerprint density at radius 3 is 2.76 bits per heavy atom. The summed E-state index contributed by atoms with van der Waals surface area (Å²) in [6, 6.07) is 0. The van der Waals surface area contributed by atoms with Gasteiger partial charge in [0.05, 0.1) is 0 Å². The zero-order chi connectivity index (χ0) is 12.4. The zero-order valence-corrected chi connectivity index (χ0v) is 9.43. The fraction of sp³-hybridized carbons (Fsp3) is 0.125. The molecule has 0 unspecified atom stereocenters. The summed E-state index contributed by atoms with van der Waals surface area (Å²) in [7, 11) is 1.52. The molecule has 0 aliphatic heterocycles. The molecule has 0 aliphatic rings. The van der Waals surface area contributed by atoms with E-state index in [0.29, 0.717) is 5.16 Å². The highest BCUT2D eigenvalue weighted by atomic mass is 32.2. The molecule has 2 aromatic rings. The van der Waals surface area contributed by atoms with Crippen LogP contribution in [0.15, 0.2) is 27.4 Å². The Kier molecular flexibility index (Phi) is 2.91. The van der Waals surface area contributed by atoms with E-state index < -0.39 is 5.97 Å². The first-order valence-corrected chi connectivity index (χ1v) is 5.25. The summed E-state index contributed by atoms with van der Waals surface area (Å²) in [4.78, 5) is 29.6. The molecule has 0 atom stereocenters. The summed E-state index contributed by atoms with van der Waals surface area (Å²) in [5, 5.41) is 15.4. The summed E-state index contributed by atoms with van der Waals surface area (Å²) in [5.41, 5.74) is -0.554. The van der Waals surface area contributed by atoms with Crippen molar-refractivity contribution in [3.8, 4) is 0 Å². The molecule has 0 aliphatic carbocycles. The highest BCUT2D eigenvalue weighted by molar-refractivity contribution is 7.99. The number of aromatic nitrogens is 5. The Morgan fingerprint density at radius 1 is 1.47 bits per heavy atom. The fourth-order valence-electron chi connectivity index (χ4n) is 1.06. The maximum Gasteiger partial charge on any atom is 0.357 e. The summed E-state index contributed by atoms with van der Waals surface area (Å²) in [5.74, 6) is -1.18. The number of hydrogen-bond donors (Lipinski definition) is 2. The second-order valence-corrected chi connectivity index (χ2v) is 3.94. The monoisotopic (exact) mass is 253 g/mol. The molecule has 17 heavy (non-hydrogen) atoms. The molecule has 2 N–H and O–H groups in total. The molecule has 8 nitrogen and oxygen atoms in total. The van der Waals surface area contributed by atoms with Crippen molar-refractivity contribution in [2.45, 2.75) is 10.2 Å². The maximum atomic E-state index is 11.1. The van der Waals surface area contributed by atoms with Crippen LogP contribution >= 0.6 is 11.8 Å².